The minimum Gasteiger partial charge on any atom is -0.497 e. The lowest BCUT2D eigenvalue weighted by atomic mass is 10.1. The number of aromatic nitrogens is 4. The van der Waals surface area contributed by atoms with Crippen molar-refractivity contribution in [3.8, 4) is 23.0 Å². The summed E-state index contributed by atoms with van der Waals surface area (Å²) in [6, 6.07) is 18.2. The summed E-state index contributed by atoms with van der Waals surface area (Å²) >= 11 is 6.09. The van der Waals surface area contributed by atoms with Crippen molar-refractivity contribution in [2.24, 2.45) is 0 Å². The quantitative estimate of drug-likeness (QED) is 0.426. The van der Waals surface area contributed by atoms with Crippen LogP contribution in [-0.2, 0) is 11.2 Å². The minimum atomic E-state index is -0.124. The lowest BCUT2D eigenvalue weighted by Gasteiger charge is -2.08. The number of amides is 1. The van der Waals surface area contributed by atoms with Crippen LogP contribution < -0.4 is 14.8 Å². The summed E-state index contributed by atoms with van der Waals surface area (Å²) in [6.07, 6.45) is 0.218. The molecule has 0 fully saturated rings. The van der Waals surface area contributed by atoms with Gasteiger partial charge >= 0.3 is 0 Å². The predicted molar refractivity (Wildman–Crippen MR) is 116 cm³/mol. The van der Waals surface area contributed by atoms with E-state index in [0.717, 1.165) is 16.9 Å². The van der Waals surface area contributed by atoms with Crippen molar-refractivity contribution >= 4 is 23.2 Å². The largest absolute Gasteiger partial charge is 0.497 e. The normalized spacial score (nSPS) is 10.8. The number of carbonyl (C=O) groups excluding carboxylic acids is 1. The first-order chi connectivity index (χ1) is 15.1. The third kappa shape index (κ3) is 4.92. The second-order valence-corrected chi connectivity index (χ2v) is 7.07. The topological polar surface area (TPSA) is 90.6 Å². The van der Waals surface area contributed by atoms with Crippen LogP contribution in [0.25, 0.3) is 17.0 Å². The molecule has 0 saturated heterocycles. The molecule has 0 bridgehead atoms. The average molecular weight is 438 g/mol. The SMILES string of the molecule is COc1ccc(-c2nnc3ccc(OCCNC(=O)Cc4ccccc4Cl)nn23)cc1. The molecule has 2 aromatic heterocycles. The van der Waals surface area contributed by atoms with Crippen LogP contribution in [0.1, 0.15) is 5.56 Å². The first-order valence-corrected chi connectivity index (χ1v) is 10.0. The van der Waals surface area contributed by atoms with Gasteiger partial charge in [-0.3, -0.25) is 4.79 Å². The van der Waals surface area contributed by atoms with Crippen LogP contribution >= 0.6 is 11.6 Å². The van der Waals surface area contributed by atoms with Crippen molar-refractivity contribution < 1.29 is 14.3 Å². The van der Waals surface area contributed by atoms with Gasteiger partial charge in [0.25, 0.3) is 0 Å². The minimum absolute atomic E-state index is 0.124. The van der Waals surface area contributed by atoms with Crippen LogP contribution in [0.15, 0.2) is 60.7 Å². The van der Waals surface area contributed by atoms with Gasteiger partial charge in [0.2, 0.25) is 11.8 Å². The van der Waals surface area contributed by atoms with Gasteiger partial charge in [-0.2, -0.15) is 4.52 Å². The van der Waals surface area contributed by atoms with Crippen molar-refractivity contribution in [2.75, 3.05) is 20.3 Å². The average Bonchev–Trinajstić information content (AvgIpc) is 3.22. The molecule has 1 N–H and O–H groups in total. The molecule has 0 aliphatic carbocycles. The van der Waals surface area contributed by atoms with Crippen LogP contribution in [0.2, 0.25) is 5.02 Å². The van der Waals surface area contributed by atoms with E-state index in [-0.39, 0.29) is 18.9 Å². The Morgan fingerprint density at radius 3 is 2.65 bits per heavy atom. The van der Waals surface area contributed by atoms with Gasteiger partial charge in [0.1, 0.15) is 12.4 Å². The third-order valence-corrected chi connectivity index (χ3v) is 4.94. The maximum atomic E-state index is 12.1. The number of hydrogen-bond acceptors (Lipinski definition) is 6. The Balaban J connectivity index is 1.35. The van der Waals surface area contributed by atoms with E-state index < -0.39 is 0 Å². The molecule has 0 aliphatic rings. The Kier molecular flexibility index (Phi) is 6.28. The molecule has 0 saturated carbocycles. The first-order valence-electron chi connectivity index (χ1n) is 9.64. The Hall–Kier alpha value is -3.65. The van der Waals surface area contributed by atoms with E-state index in [4.69, 9.17) is 21.1 Å². The fourth-order valence-electron chi connectivity index (χ4n) is 2.99. The van der Waals surface area contributed by atoms with Gasteiger partial charge in [-0.25, -0.2) is 0 Å². The number of nitrogens with one attached hydrogen (secondary N) is 1. The van der Waals surface area contributed by atoms with E-state index in [9.17, 15) is 4.79 Å². The summed E-state index contributed by atoms with van der Waals surface area (Å²) < 4.78 is 12.5. The van der Waals surface area contributed by atoms with Crippen molar-refractivity contribution in [3.05, 3.63) is 71.2 Å². The van der Waals surface area contributed by atoms with Crippen LogP contribution in [0, 0.1) is 0 Å². The number of hydrogen-bond donors (Lipinski definition) is 1. The third-order valence-electron chi connectivity index (χ3n) is 4.57. The smallest absolute Gasteiger partial charge is 0.231 e. The Labute approximate surface area is 183 Å². The molecule has 4 rings (SSSR count). The van der Waals surface area contributed by atoms with Crippen LogP contribution in [0.5, 0.6) is 11.6 Å². The molecule has 4 aromatic rings. The summed E-state index contributed by atoms with van der Waals surface area (Å²) in [5.74, 6) is 1.63. The molecule has 2 heterocycles. The van der Waals surface area contributed by atoms with Gasteiger partial charge in [-0.1, -0.05) is 29.8 Å². The molecular weight excluding hydrogens is 418 g/mol. The fraction of sp³-hybridized carbons (Fsp3) is 0.182. The van der Waals surface area contributed by atoms with Gasteiger partial charge in [-0.05, 0) is 42.0 Å². The number of carbonyl (C=O) groups is 1. The standard InChI is InChI=1S/C22H20ClN5O3/c1-30-17-8-6-15(7-9-17)22-26-25-19-10-11-21(27-28(19)22)31-13-12-24-20(29)14-16-4-2-3-5-18(16)23/h2-11H,12-14H2,1H3,(H,24,29). The summed E-state index contributed by atoms with van der Waals surface area (Å²) in [4.78, 5) is 12.1. The maximum Gasteiger partial charge on any atom is 0.231 e. The van der Waals surface area contributed by atoms with Gasteiger partial charge in [0, 0.05) is 16.7 Å². The molecule has 1 amide bonds. The lowest BCUT2D eigenvalue weighted by molar-refractivity contribution is -0.120. The molecule has 0 atom stereocenters. The van der Waals surface area contributed by atoms with Gasteiger partial charge in [-0.15, -0.1) is 15.3 Å². The second kappa shape index (κ2) is 9.44. The predicted octanol–water partition coefficient (Wildman–Crippen LogP) is 3.19. The molecule has 2 aromatic carbocycles. The number of ether oxygens (including phenoxy) is 2. The van der Waals surface area contributed by atoms with Crippen LogP contribution in [-0.4, -0.2) is 46.0 Å². The summed E-state index contributed by atoms with van der Waals surface area (Å²) in [5, 5.41) is 16.2. The van der Waals surface area contributed by atoms with Crippen molar-refractivity contribution in [1.82, 2.24) is 25.1 Å². The summed E-state index contributed by atoms with van der Waals surface area (Å²) in [5.41, 5.74) is 2.24. The van der Waals surface area contributed by atoms with Gasteiger partial charge in [0.05, 0.1) is 20.1 Å². The Morgan fingerprint density at radius 2 is 1.87 bits per heavy atom. The fourth-order valence-corrected chi connectivity index (χ4v) is 3.19. The van der Waals surface area contributed by atoms with Crippen molar-refractivity contribution in [3.63, 3.8) is 0 Å². The number of nitrogens with zero attached hydrogens (tertiary/aromatic N) is 4. The molecule has 0 unspecified atom stereocenters. The molecule has 9 heteroatoms. The molecule has 0 spiro atoms. The number of methoxy groups -OCH3 is 1. The van der Waals surface area contributed by atoms with Crippen molar-refractivity contribution in [1.29, 1.82) is 0 Å². The zero-order chi connectivity index (χ0) is 21.6. The molecular formula is C22H20ClN5O3. The molecule has 0 aliphatic heterocycles. The molecule has 8 nitrogen and oxygen atoms in total. The summed E-state index contributed by atoms with van der Waals surface area (Å²) in [7, 11) is 1.62. The maximum absolute atomic E-state index is 12.1. The number of fused-ring (bicyclic) bond motifs is 1. The highest BCUT2D eigenvalue weighted by Crippen LogP contribution is 2.22. The van der Waals surface area contributed by atoms with E-state index in [0.29, 0.717) is 28.9 Å². The van der Waals surface area contributed by atoms with Gasteiger partial charge < -0.3 is 14.8 Å². The second-order valence-electron chi connectivity index (χ2n) is 6.66. The van der Waals surface area contributed by atoms with E-state index in [1.165, 1.54) is 0 Å². The summed E-state index contributed by atoms with van der Waals surface area (Å²) in [6.45, 7) is 0.614. The van der Waals surface area contributed by atoms with Gasteiger partial charge in [0.15, 0.2) is 11.5 Å². The number of halogens is 1. The number of benzene rings is 2. The Bertz CT molecular complexity index is 1190. The highest BCUT2D eigenvalue weighted by Gasteiger charge is 2.11. The first kappa shape index (κ1) is 20.6. The monoisotopic (exact) mass is 437 g/mol. The van der Waals surface area contributed by atoms with E-state index in [1.54, 1.807) is 29.8 Å². The molecule has 0 radical (unpaired) electrons. The Morgan fingerprint density at radius 1 is 1.06 bits per heavy atom. The highest BCUT2D eigenvalue weighted by molar-refractivity contribution is 6.31. The van der Waals surface area contributed by atoms with E-state index in [2.05, 4.69) is 20.6 Å². The van der Waals surface area contributed by atoms with Crippen LogP contribution in [0.3, 0.4) is 0 Å². The molecule has 31 heavy (non-hydrogen) atoms. The van der Waals surface area contributed by atoms with Crippen LogP contribution in [0.4, 0.5) is 0 Å². The highest BCUT2D eigenvalue weighted by atomic mass is 35.5. The lowest BCUT2D eigenvalue weighted by Crippen LogP contribution is -2.29. The van der Waals surface area contributed by atoms with E-state index in [1.807, 2.05) is 42.5 Å². The zero-order valence-electron chi connectivity index (χ0n) is 16.8. The molecule has 158 valence electrons. The van der Waals surface area contributed by atoms with E-state index >= 15 is 0 Å². The number of rotatable bonds is 8. The van der Waals surface area contributed by atoms with Crippen molar-refractivity contribution in [2.45, 2.75) is 6.42 Å². The zero-order valence-corrected chi connectivity index (χ0v) is 17.5.